The summed E-state index contributed by atoms with van der Waals surface area (Å²) in [4.78, 5) is 19.6. The van der Waals surface area contributed by atoms with Crippen molar-refractivity contribution < 1.29 is 9.90 Å². The molecule has 0 spiro atoms. The van der Waals surface area contributed by atoms with Crippen molar-refractivity contribution in [2.24, 2.45) is 0 Å². The van der Waals surface area contributed by atoms with Gasteiger partial charge in [-0.25, -0.2) is 4.98 Å². The zero-order valence-corrected chi connectivity index (χ0v) is 16.8. The zero-order chi connectivity index (χ0) is 20.6. The fourth-order valence-corrected chi connectivity index (χ4v) is 4.73. The molecule has 0 saturated carbocycles. The van der Waals surface area contributed by atoms with Crippen molar-refractivity contribution in [3.8, 4) is 0 Å². The van der Waals surface area contributed by atoms with Crippen molar-refractivity contribution >= 4 is 17.4 Å². The van der Waals surface area contributed by atoms with Crippen LogP contribution in [0.25, 0.3) is 0 Å². The molecule has 152 valence electrons. The van der Waals surface area contributed by atoms with Gasteiger partial charge in [0.05, 0.1) is 5.56 Å². The van der Waals surface area contributed by atoms with Gasteiger partial charge in [-0.05, 0) is 60.6 Å². The Hall–Kier alpha value is -3.18. The van der Waals surface area contributed by atoms with Crippen molar-refractivity contribution in [2.45, 2.75) is 31.3 Å². The van der Waals surface area contributed by atoms with Crippen LogP contribution in [0.3, 0.4) is 0 Å². The van der Waals surface area contributed by atoms with Crippen molar-refractivity contribution in [1.29, 1.82) is 0 Å². The fraction of sp³-hybridized carbons (Fsp3) is 0.280. The average Bonchev–Trinajstić information content (AvgIpc) is 3.22. The molecule has 3 aromatic rings. The fourth-order valence-electron chi connectivity index (χ4n) is 4.73. The molecule has 2 heterocycles. The number of nitrogens with one attached hydrogen (secondary N) is 1. The number of carbonyl (C=O) groups excluding carboxylic acids is 1. The molecule has 5 nitrogen and oxygen atoms in total. The predicted molar refractivity (Wildman–Crippen MR) is 118 cm³/mol. The van der Waals surface area contributed by atoms with Crippen LogP contribution >= 0.6 is 0 Å². The van der Waals surface area contributed by atoms with Gasteiger partial charge in [0.15, 0.2) is 0 Å². The van der Waals surface area contributed by atoms with Gasteiger partial charge in [0.1, 0.15) is 11.4 Å². The number of carbonyl (C=O) groups is 1. The molecule has 0 radical (unpaired) electrons. The molecule has 2 aliphatic rings. The standard InChI is InChI=1S/C25H25N3O2/c29-24(28-16-13-19-8-2-4-12-22(19)28)20-10-6-15-26-23(20)27-17-25(30)14-5-9-18-7-1-3-11-21(18)25/h1-4,6-8,10-12,15,30H,5,9,13-14,16-17H2,(H,26,27). The molecule has 5 heteroatoms. The third-order valence-electron chi connectivity index (χ3n) is 6.27. The lowest BCUT2D eigenvalue weighted by atomic mass is 9.79. The molecule has 1 unspecified atom stereocenters. The Balaban J connectivity index is 1.40. The summed E-state index contributed by atoms with van der Waals surface area (Å²) in [5.41, 5.74) is 3.89. The smallest absolute Gasteiger partial charge is 0.262 e. The van der Waals surface area contributed by atoms with E-state index >= 15 is 0 Å². The van der Waals surface area contributed by atoms with Gasteiger partial charge >= 0.3 is 0 Å². The van der Waals surface area contributed by atoms with E-state index in [1.807, 2.05) is 41.3 Å². The molecule has 2 aromatic carbocycles. The molecule has 0 bridgehead atoms. The molecular weight excluding hydrogens is 374 g/mol. The first-order chi connectivity index (χ1) is 14.7. The minimum atomic E-state index is -0.965. The van der Waals surface area contributed by atoms with Crippen LogP contribution in [0.5, 0.6) is 0 Å². The van der Waals surface area contributed by atoms with Crippen LogP contribution in [0.1, 0.15) is 39.9 Å². The summed E-state index contributed by atoms with van der Waals surface area (Å²) in [6.07, 6.45) is 5.15. The summed E-state index contributed by atoms with van der Waals surface area (Å²) in [5.74, 6) is 0.454. The summed E-state index contributed by atoms with van der Waals surface area (Å²) in [5, 5.41) is 14.7. The van der Waals surface area contributed by atoms with Crippen LogP contribution in [0.4, 0.5) is 11.5 Å². The number of nitrogens with zero attached hydrogens (tertiary/aromatic N) is 2. The topological polar surface area (TPSA) is 65.5 Å². The Morgan fingerprint density at radius 3 is 2.73 bits per heavy atom. The molecule has 1 aliphatic heterocycles. The lowest BCUT2D eigenvalue weighted by Gasteiger charge is -2.35. The predicted octanol–water partition coefficient (Wildman–Crippen LogP) is 3.92. The quantitative estimate of drug-likeness (QED) is 0.698. The maximum absolute atomic E-state index is 13.3. The van der Waals surface area contributed by atoms with E-state index in [-0.39, 0.29) is 5.91 Å². The maximum Gasteiger partial charge on any atom is 0.262 e. The summed E-state index contributed by atoms with van der Waals surface area (Å²) < 4.78 is 0. The molecule has 1 aliphatic carbocycles. The lowest BCUT2D eigenvalue weighted by Crippen LogP contribution is -2.38. The number of hydrogen-bond acceptors (Lipinski definition) is 4. The molecule has 1 aromatic heterocycles. The summed E-state index contributed by atoms with van der Waals surface area (Å²) >= 11 is 0. The molecule has 30 heavy (non-hydrogen) atoms. The van der Waals surface area contributed by atoms with Gasteiger partial charge in [0, 0.05) is 25.0 Å². The Kier molecular flexibility index (Phi) is 4.75. The Bertz CT molecular complexity index is 1100. The zero-order valence-electron chi connectivity index (χ0n) is 16.8. The van der Waals surface area contributed by atoms with Gasteiger partial charge < -0.3 is 15.3 Å². The van der Waals surface area contributed by atoms with E-state index in [1.54, 1.807) is 18.3 Å². The van der Waals surface area contributed by atoms with E-state index in [0.29, 0.717) is 30.9 Å². The number of benzene rings is 2. The molecule has 1 amide bonds. The third-order valence-corrected chi connectivity index (χ3v) is 6.27. The second-order valence-corrected chi connectivity index (χ2v) is 8.13. The summed E-state index contributed by atoms with van der Waals surface area (Å²) in [6, 6.07) is 19.7. The second kappa shape index (κ2) is 7.58. The van der Waals surface area contributed by atoms with Crippen LogP contribution in [0.2, 0.25) is 0 Å². The van der Waals surface area contributed by atoms with Crippen molar-refractivity contribution in [3.05, 3.63) is 89.1 Å². The molecule has 1 atom stereocenters. The lowest BCUT2D eigenvalue weighted by molar-refractivity contribution is 0.0322. The highest BCUT2D eigenvalue weighted by Gasteiger charge is 2.34. The van der Waals surface area contributed by atoms with E-state index in [9.17, 15) is 9.90 Å². The first-order valence-electron chi connectivity index (χ1n) is 10.6. The van der Waals surface area contributed by atoms with E-state index in [0.717, 1.165) is 30.5 Å². The van der Waals surface area contributed by atoms with E-state index in [1.165, 1.54) is 11.1 Å². The number of hydrogen-bond donors (Lipinski definition) is 2. The highest BCUT2D eigenvalue weighted by molar-refractivity contribution is 6.10. The minimum Gasteiger partial charge on any atom is -0.383 e. The van der Waals surface area contributed by atoms with Gasteiger partial charge in [-0.1, -0.05) is 42.5 Å². The number of fused-ring (bicyclic) bond motifs is 2. The average molecular weight is 399 g/mol. The number of aliphatic hydroxyl groups is 1. The Morgan fingerprint density at radius 2 is 1.83 bits per heavy atom. The maximum atomic E-state index is 13.3. The normalized spacial score (nSPS) is 19.8. The van der Waals surface area contributed by atoms with E-state index < -0.39 is 5.60 Å². The minimum absolute atomic E-state index is 0.0633. The number of aromatic nitrogens is 1. The van der Waals surface area contributed by atoms with Crippen LogP contribution in [0.15, 0.2) is 66.9 Å². The Labute approximate surface area is 176 Å². The number of pyridine rings is 1. The molecule has 0 fully saturated rings. The molecule has 0 saturated heterocycles. The monoisotopic (exact) mass is 399 g/mol. The first-order valence-corrected chi connectivity index (χ1v) is 10.6. The van der Waals surface area contributed by atoms with Crippen molar-refractivity contribution in [3.63, 3.8) is 0 Å². The number of aryl methyl sites for hydroxylation is 1. The van der Waals surface area contributed by atoms with Gasteiger partial charge in [-0.3, -0.25) is 4.79 Å². The first kappa shape index (κ1) is 18.8. The van der Waals surface area contributed by atoms with Gasteiger partial charge in [0.25, 0.3) is 5.91 Å². The molecule has 2 N–H and O–H groups in total. The van der Waals surface area contributed by atoms with Crippen LogP contribution < -0.4 is 10.2 Å². The Morgan fingerprint density at radius 1 is 1.03 bits per heavy atom. The number of para-hydroxylation sites is 1. The molecule has 5 rings (SSSR count). The van der Waals surface area contributed by atoms with Gasteiger partial charge in [-0.15, -0.1) is 0 Å². The van der Waals surface area contributed by atoms with Crippen LogP contribution in [0, 0.1) is 0 Å². The number of rotatable bonds is 4. The number of amides is 1. The summed E-state index contributed by atoms with van der Waals surface area (Å²) in [6.45, 7) is 0.988. The number of anilines is 2. The van der Waals surface area contributed by atoms with Crippen molar-refractivity contribution in [1.82, 2.24) is 4.98 Å². The SMILES string of the molecule is O=C(c1cccnc1NCC1(O)CCCc2ccccc21)N1CCc2ccccc21. The summed E-state index contributed by atoms with van der Waals surface area (Å²) in [7, 11) is 0. The second-order valence-electron chi connectivity index (χ2n) is 8.13. The van der Waals surface area contributed by atoms with Crippen LogP contribution in [-0.4, -0.2) is 29.1 Å². The highest BCUT2D eigenvalue weighted by Crippen LogP contribution is 2.36. The largest absolute Gasteiger partial charge is 0.383 e. The third kappa shape index (κ3) is 3.25. The molecular formula is C25H25N3O2. The van der Waals surface area contributed by atoms with Crippen molar-refractivity contribution in [2.75, 3.05) is 23.3 Å². The van der Waals surface area contributed by atoms with Crippen LogP contribution in [-0.2, 0) is 18.4 Å². The van der Waals surface area contributed by atoms with Gasteiger partial charge in [-0.2, -0.15) is 0 Å². The van der Waals surface area contributed by atoms with E-state index in [4.69, 9.17) is 0 Å². The van der Waals surface area contributed by atoms with Gasteiger partial charge in [0.2, 0.25) is 0 Å². The van der Waals surface area contributed by atoms with E-state index in [2.05, 4.69) is 22.4 Å². The highest BCUT2D eigenvalue weighted by atomic mass is 16.3.